The molecule has 10 heteroatoms. The van der Waals surface area contributed by atoms with Crippen molar-refractivity contribution in [3.8, 4) is 11.8 Å². The van der Waals surface area contributed by atoms with Gasteiger partial charge in [0.05, 0.1) is 30.9 Å². The fourth-order valence-electron chi connectivity index (χ4n) is 3.93. The Morgan fingerprint density at radius 2 is 1.97 bits per heavy atom. The van der Waals surface area contributed by atoms with E-state index in [2.05, 4.69) is 10.3 Å². The molecule has 2 saturated heterocycles. The zero-order valence-electron chi connectivity index (χ0n) is 18.5. The van der Waals surface area contributed by atoms with Crippen LogP contribution in [0.4, 0.5) is 5.69 Å². The van der Waals surface area contributed by atoms with Gasteiger partial charge in [-0.2, -0.15) is 5.26 Å². The van der Waals surface area contributed by atoms with E-state index >= 15 is 0 Å². The molecule has 0 aliphatic carbocycles. The van der Waals surface area contributed by atoms with Gasteiger partial charge in [0.15, 0.2) is 15.0 Å². The lowest BCUT2D eigenvalue weighted by Crippen LogP contribution is -2.37. The van der Waals surface area contributed by atoms with E-state index in [9.17, 15) is 18.5 Å². The molecular formula is C24H24N4O4S2. The number of aliphatic imine (C=N–C) groups is 1. The Kier molecular flexibility index (Phi) is 7.24. The van der Waals surface area contributed by atoms with Crippen LogP contribution in [-0.2, 0) is 21.1 Å². The number of nitrogens with one attached hydrogen (secondary N) is 1. The van der Waals surface area contributed by atoms with Crippen molar-refractivity contribution in [3.63, 3.8) is 0 Å². The number of nitrogens with zero attached hydrogens (tertiary/aromatic N) is 3. The zero-order valence-corrected chi connectivity index (χ0v) is 20.2. The van der Waals surface area contributed by atoms with Crippen LogP contribution in [0.5, 0.6) is 5.75 Å². The van der Waals surface area contributed by atoms with Crippen LogP contribution in [0.2, 0.25) is 0 Å². The van der Waals surface area contributed by atoms with Crippen molar-refractivity contribution in [2.45, 2.75) is 17.7 Å². The molecule has 4 rings (SSSR count). The van der Waals surface area contributed by atoms with E-state index in [4.69, 9.17) is 4.74 Å². The minimum absolute atomic E-state index is 0.0548. The number of para-hydroxylation sites is 1. The van der Waals surface area contributed by atoms with Crippen LogP contribution in [0.1, 0.15) is 5.56 Å². The topological polar surface area (TPSA) is 112 Å². The van der Waals surface area contributed by atoms with Gasteiger partial charge in [-0.15, -0.1) is 0 Å². The molecule has 0 spiro atoms. The summed E-state index contributed by atoms with van der Waals surface area (Å²) in [6, 6.07) is 18.7. The van der Waals surface area contributed by atoms with Crippen molar-refractivity contribution < 1.29 is 17.9 Å². The van der Waals surface area contributed by atoms with Gasteiger partial charge in [-0.1, -0.05) is 42.1 Å². The van der Waals surface area contributed by atoms with E-state index in [1.807, 2.05) is 65.6 Å². The van der Waals surface area contributed by atoms with E-state index in [0.29, 0.717) is 18.1 Å². The lowest BCUT2D eigenvalue weighted by Gasteiger charge is -2.24. The standard InChI is InChI=1S/C24H24N4O4S2/c1-32-20-9-7-17(8-10-20)11-12-26-23(29)18(13-25)14-27-24-28(19-5-3-2-4-6-19)21-15-34(30,31)16-22(21)33-24/h2-10,14,21-22H,11-12,15-16H2,1H3,(H,26,29)/b18-14+,27-24?. The van der Waals surface area contributed by atoms with Crippen LogP contribution in [0.15, 0.2) is 71.4 Å². The number of carbonyl (C=O) groups is 1. The summed E-state index contributed by atoms with van der Waals surface area (Å²) >= 11 is 1.37. The SMILES string of the molecule is COc1ccc(CCNC(=O)/C(C#N)=C/N=C2SC3CS(=O)(=O)CC3N2c2ccccc2)cc1. The van der Waals surface area contributed by atoms with Crippen molar-refractivity contribution in [2.24, 2.45) is 4.99 Å². The fourth-order valence-corrected chi connectivity index (χ4v) is 7.82. The quantitative estimate of drug-likeness (QED) is 0.463. The Labute approximate surface area is 203 Å². The molecule has 2 aromatic rings. The average Bonchev–Trinajstić information content (AvgIpc) is 3.31. The molecule has 2 aliphatic rings. The van der Waals surface area contributed by atoms with Gasteiger partial charge < -0.3 is 15.0 Å². The third-order valence-electron chi connectivity index (χ3n) is 5.63. The maximum absolute atomic E-state index is 12.5. The largest absolute Gasteiger partial charge is 0.497 e. The molecule has 1 amide bonds. The molecule has 2 aliphatic heterocycles. The van der Waals surface area contributed by atoms with Gasteiger partial charge in [0, 0.05) is 17.5 Å². The number of hydrogen-bond acceptors (Lipinski definition) is 7. The minimum Gasteiger partial charge on any atom is -0.497 e. The molecule has 0 saturated carbocycles. The van der Waals surface area contributed by atoms with Gasteiger partial charge in [-0.05, 0) is 36.2 Å². The Hall–Kier alpha value is -3.29. The van der Waals surface area contributed by atoms with E-state index in [-0.39, 0.29) is 28.4 Å². The molecule has 8 nitrogen and oxygen atoms in total. The summed E-state index contributed by atoms with van der Waals surface area (Å²) in [6.45, 7) is 0.369. The van der Waals surface area contributed by atoms with Crippen LogP contribution in [0.25, 0.3) is 0 Å². The number of amides is 1. The van der Waals surface area contributed by atoms with Gasteiger partial charge in [-0.3, -0.25) is 4.79 Å². The maximum atomic E-state index is 12.5. The first-order chi connectivity index (χ1) is 16.4. The first-order valence-corrected chi connectivity index (χ1v) is 13.4. The molecule has 1 N–H and O–H groups in total. The number of rotatable bonds is 7. The van der Waals surface area contributed by atoms with Crippen LogP contribution < -0.4 is 15.0 Å². The third kappa shape index (κ3) is 5.43. The average molecular weight is 497 g/mol. The third-order valence-corrected chi connectivity index (χ3v) is 8.85. The van der Waals surface area contributed by atoms with Gasteiger partial charge in [-0.25, -0.2) is 13.4 Å². The Balaban J connectivity index is 1.46. The van der Waals surface area contributed by atoms with Crippen LogP contribution >= 0.6 is 11.8 Å². The molecule has 0 radical (unpaired) electrons. The van der Waals surface area contributed by atoms with Crippen molar-refractivity contribution in [1.82, 2.24) is 5.32 Å². The molecule has 2 unspecified atom stereocenters. The highest BCUT2D eigenvalue weighted by Gasteiger charge is 2.49. The summed E-state index contributed by atoms with van der Waals surface area (Å²) in [5, 5.41) is 12.7. The number of methoxy groups -OCH3 is 1. The molecule has 2 atom stereocenters. The van der Waals surface area contributed by atoms with E-state index in [0.717, 1.165) is 17.0 Å². The molecule has 34 heavy (non-hydrogen) atoms. The summed E-state index contributed by atoms with van der Waals surface area (Å²) in [4.78, 5) is 18.8. The lowest BCUT2D eigenvalue weighted by atomic mass is 10.1. The molecule has 176 valence electrons. The lowest BCUT2D eigenvalue weighted by molar-refractivity contribution is -0.117. The minimum atomic E-state index is -3.11. The van der Waals surface area contributed by atoms with Crippen LogP contribution in [0, 0.1) is 11.3 Å². The number of sulfone groups is 1. The molecule has 2 aromatic carbocycles. The highest BCUT2D eigenvalue weighted by atomic mass is 32.2. The number of hydrogen-bond donors (Lipinski definition) is 1. The van der Waals surface area contributed by atoms with E-state index < -0.39 is 15.7 Å². The first-order valence-electron chi connectivity index (χ1n) is 10.7. The number of amidine groups is 1. The smallest absolute Gasteiger partial charge is 0.263 e. The molecule has 2 fully saturated rings. The fraction of sp³-hybridized carbons (Fsp3) is 0.292. The normalized spacial score (nSPS) is 22.3. The number of carbonyl (C=O) groups excluding carboxylic acids is 1. The Morgan fingerprint density at radius 3 is 2.65 bits per heavy atom. The second kappa shape index (κ2) is 10.3. The zero-order chi connectivity index (χ0) is 24.1. The van der Waals surface area contributed by atoms with Crippen LogP contribution in [-0.4, -0.2) is 55.9 Å². The molecule has 0 bridgehead atoms. The molecular weight excluding hydrogens is 472 g/mol. The number of anilines is 1. The maximum Gasteiger partial charge on any atom is 0.263 e. The predicted molar refractivity (Wildman–Crippen MR) is 134 cm³/mol. The van der Waals surface area contributed by atoms with Gasteiger partial charge in [0.1, 0.15) is 17.4 Å². The summed E-state index contributed by atoms with van der Waals surface area (Å²) in [5.41, 5.74) is 1.75. The number of benzene rings is 2. The summed E-state index contributed by atoms with van der Waals surface area (Å²) in [7, 11) is -1.51. The van der Waals surface area contributed by atoms with E-state index in [1.165, 1.54) is 18.0 Å². The van der Waals surface area contributed by atoms with Gasteiger partial charge in [0.2, 0.25) is 0 Å². The van der Waals surface area contributed by atoms with Gasteiger partial charge >= 0.3 is 0 Å². The van der Waals surface area contributed by atoms with E-state index in [1.54, 1.807) is 7.11 Å². The van der Waals surface area contributed by atoms with Crippen molar-refractivity contribution in [2.75, 3.05) is 30.1 Å². The number of fused-ring (bicyclic) bond motifs is 1. The highest BCUT2D eigenvalue weighted by Crippen LogP contribution is 2.40. The van der Waals surface area contributed by atoms with Crippen molar-refractivity contribution in [1.29, 1.82) is 5.26 Å². The number of thioether (sulfide) groups is 1. The second-order valence-corrected chi connectivity index (χ2v) is 11.3. The molecule has 2 heterocycles. The molecule has 0 aromatic heterocycles. The first kappa shape index (κ1) is 23.9. The second-order valence-electron chi connectivity index (χ2n) is 7.93. The van der Waals surface area contributed by atoms with Gasteiger partial charge in [0.25, 0.3) is 5.91 Å². The highest BCUT2D eigenvalue weighted by molar-refractivity contribution is 8.16. The van der Waals surface area contributed by atoms with Crippen LogP contribution in [0.3, 0.4) is 0 Å². The summed E-state index contributed by atoms with van der Waals surface area (Å²) in [5.74, 6) is 0.403. The summed E-state index contributed by atoms with van der Waals surface area (Å²) in [6.07, 6.45) is 1.87. The van der Waals surface area contributed by atoms with Crippen molar-refractivity contribution in [3.05, 3.63) is 71.9 Å². The Bertz CT molecular complexity index is 1250. The monoisotopic (exact) mass is 496 g/mol. The predicted octanol–water partition coefficient (Wildman–Crippen LogP) is 2.54. The Morgan fingerprint density at radius 1 is 1.24 bits per heavy atom. The van der Waals surface area contributed by atoms with Crippen molar-refractivity contribution >= 4 is 38.4 Å². The number of nitriles is 1. The number of ether oxygens (including phenoxy) is 1. The summed E-state index contributed by atoms with van der Waals surface area (Å²) < 4.78 is 29.5.